The largest absolute Gasteiger partial charge is 0.504 e. The van der Waals surface area contributed by atoms with Crippen LogP contribution in [0.5, 0.6) is 11.5 Å². The van der Waals surface area contributed by atoms with Crippen LogP contribution in [-0.2, 0) is 4.74 Å². The fourth-order valence-electron chi connectivity index (χ4n) is 3.93. The molecular formula is C19H16N2O4S. The lowest BCUT2D eigenvalue weighted by molar-refractivity contribution is -0.0843. The molecule has 3 unspecified atom stereocenters. The first-order chi connectivity index (χ1) is 12.7. The second kappa shape index (κ2) is 5.77. The van der Waals surface area contributed by atoms with Gasteiger partial charge in [0, 0.05) is 11.5 Å². The Morgan fingerprint density at radius 1 is 1.27 bits per heavy atom. The Bertz CT molecular complexity index is 1050. The maximum atomic E-state index is 10.5. The van der Waals surface area contributed by atoms with Crippen molar-refractivity contribution in [2.24, 2.45) is 10.9 Å². The summed E-state index contributed by atoms with van der Waals surface area (Å²) in [4.78, 5) is 9.17. The van der Waals surface area contributed by atoms with Crippen LogP contribution in [0, 0.1) is 5.92 Å². The van der Waals surface area contributed by atoms with E-state index in [-0.39, 0.29) is 17.6 Å². The third-order valence-corrected chi connectivity index (χ3v) is 5.98. The van der Waals surface area contributed by atoms with Gasteiger partial charge < -0.3 is 19.7 Å². The van der Waals surface area contributed by atoms with Gasteiger partial charge in [0.15, 0.2) is 17.8 Å². The Balaban J connectivity index is 1.79. The topological polar surface area (TPSA) is 84.2 Å². The van der Waals surface area contributed by atoms with Crippen molar-refractivity contribution < 1.29 is 19.7 Å². The zero-order chi connectivity index (χ0) is 17.8. The fourth-order valence-corrected chi connectivity index (χ4v) is 4.80. The normalized spacial score (nSPS) is 24.2. The number of aliphatic hydroxyl groups is 1. The lowest BCUT2D eigenvalue weighted by Gasteiger charge is -2.31. The van der Waals surface area contributed by atoms with Gasteiger partial charge in [-0.25, -0.2) is 4.98 Å². The van der Waals surface area contributed by atoms with Gasteiger partial charge in [-0.3, -0.25) is 4.99 Å². The summed E-state index contributed by atoms with van der Waals surface area (Å²) < 4.78 is 11.8. The van der Waals surface area contributed by atoms with Crippen LogP contribution in [-0.4, -0.2) is 40.9 Å². The molecule has 0 bridgehead atoms. The van der Waals surface area contributed by atoms with Crippen molar-refractivity contribution >= 4 is 33.0 Å². The molecule has 2 aliphatic rings. The van der Waals surface area contributed by atoms with E-state index in [4.69, 9.17) is 14.5 Å². The highest BCUT2D eigenvalue weighted by Gasteiger charge is 2.44. The van der Waals surface area contributed by atoms with E-state index in [0.29, 0.717) is 12.4 Å². The number of methoxy groups -OCH3 is 1. The summed E-state index contributed by atoms with van der Waals surface area (Å²) in [6, 6.07) is 9.23. The molecule has 0 spiro atoms. The Labute approximate surface area is 153 Å². The van der Waals surface area contributed by atoms with Gasteiger partial charge in [0.1, 0.15) is 0 Å². The molecule has 2 aromatic carbocycles. The van der Waals surface area contributed by atoms with Gasteiger partial charge >= 0.3 is 0 Å². The number of aromatic nitrogens is 1. The van der Waals surface area contributed by atoms with Crippen LogP contribution in [0.1, 0.15) is 17.0 Å². The smallest absolute Gasteiger partial charge is 0.164 e. The summed E-state index contributed by atoms with van der Waals surface area (Å²) >= 11 is 1.57. The number of nitrogens with zero attached hydrogens (tertiary/aromatic N) is 2. The van der Waals surface area contributed by atoms with E-state index in [2.05, 4.69) is 4.98 Å². The summed E-state index contributed by atoms with van der Waals surface area (Å²) in [5.41, 5.74) is 6.42. The van der Waals surface area contributed by atoms with E-state index in [9.17, 15) is 10.2 Å². The minimum atomic E-state index is -0.921. The van der Waals surface area contributed by atoms with E-state index >= 15 is 0 Å². The van der Waals surface area contributed by atoms with Gasteiger partial charge in [-0.1, -0.05) is 6.07 Å². The molecular weight excluding hydrogens is 352 g/mol. The number of rotatable bonds is 2. The Morgan fingerprint density at radius 3 is 3.00 bits per heavy atom. The average molecular weight is 368 g/mol. The molecule has 26 heavy (non-hydrogen) atoms. The molecule has 0 amide bonds. The number of ether oxygens (including phenoxy) is 2. The van der Waals surface area contributed by atoms with Gasteiger partial charge in [0.05, 0.1) is 46.8 Å². The third kappa shape index (κ3) is 2.18. The van der Waals surface area contributed by atoms with Gasteiger partial charge in [-0.15, -0.1) is 11.3 Å². The standard InChI is InChI=1S/C19H16N2O4S/c1-24-14-6-9(2-5-13(14)22)15-16-10(3-4-11-18(16)26-8-20-11)21-12-7-25-19(23)17(12)15/h2-6,8,15,17,19,22-23H,7H2,1H3. The van der Waals surface area contributed by atoms with Gasteiger partial charge in [0.25, 0.3) is 0 Å². The quantitative estimate of drug-likeness (QED) is 0.726. The Kier molecular flexibility index (Phi) is 3.49. The molecule has 1 aromatic heterocycles. The highest BCUT2D eigenvalue weighted by atomic mass is 32.1. The van der Waals surface area contributed by atoms with Crippen molar-refractivity contribution in [1.29, 1.82) is 0 Å². The molecule has 132 valence electrons. The van der Waals surface area contributed by atoms with Gasteiger partial charge in [-0.2, -0.15) is 0 Å². The van der Waals surface area contributed by atoms with E-state index in [0.717, 1.165) is 32.7 Å². The molecule has 5 rings (SSSR count). The second-order valence-corrected chi connectivity index (χ2v) is 7.29. The Morgan fingerprint density at radius 2 is 2.15 bits per heavy atom. The van der Waals surface area contributed by atoms with Crippen LogP contribution < -0.4 is 4.74 Å². The number of phenols is 1. The molecule has 2 aliphatic heterocycles. The summed E-state index contributed by atoms with van der Waals surface area (Å²) in [6.07, 6.45) is -0.921. The van der Waals surface area contributed by atoms with E-state index in [1.807, 2.05) is 29.8 Å². The van der Waals surface area contributed by atoms with Crippen molar-refractivity contribution in [2.75, 3.05) is 13.7 Å². The van der Waals surface area contributed by atoms with Crippen LogP contribution in [0.4, 0.5) is 5.69 Å². The SMILES string of the molecule is COc1cc(C2c3c(ccc4ncsc34)N=C3COC(O)C32)ccc1O. The van der Waals surface area contributed by atoms with Crippen LogP contribution in [0.25, 0.3) is 10.2 Å². The minimum Gasteiger partial charge on any atom is -0.504 e. The zero-order valence-electron chi connectivity index (χ0n) is 13.9. The third-order valence-electron chi connectivity index (χ3n) is 5.11. The first-order valence-electron chi connectivity index (χ1n) is 8.27. The lowest BCUT2D eigenvalue weighted by Crippen LogP contribution is -2.30. The van der Waals surface area contributed by atoms with E-state index in [1.54, 1.807) is 17.4 Å². The van der Waals surface area contributed by atoms with Crippen molar-refractivity contribution in [3.05, 3.63) is 47.0 Å². The number of aliphatic hydroxyl groups excluding tert-OH is 1. The molecule has 3 heterocycles. The summed E-state index contributed by atoms with van der Waals surface area (Å²) in [6.45, 7) is 0.317. The Hall–Kier alpha value is -2.48. The monoisotopic (exact) mass is 368 g/mol. The summed E-state index contributed by atoms with van der Waals surface area (Å²) in [5, 5.41) is 20.5. The predicted molar refractivity (Wildman–Crippen MR) is 98.7 cm³/mol. The number of hydrogen-bond acceptors (Lipinski definition) is 7. The summed E-state index contributed by atoms with van der Waals surface area (Å²) in [7, 11) is 1.52. The summed E-state index contributed by atoms with van der Waals surface area (Å²) in [5.74, 6) is 0.0523. The first-order valence-corrected chi connectivity index (χ1v) is 9.15. The molecule has 3 atom stereocenters. The van der Waals surface area contributed by atoms with Crippen molar-refractivity contribution in [1.82, 2.24) is 4.98 Å². The molecule has 3 aromatic rings. The molecule has 1 saturated heterocycles. The van der Waals surface area contributed by atoms with Crippen molar-refractivity contribution in [2.45, 2.75) is 12.2 Å². The number of benzene rings is 2. The average Bonchev–Trinajstić information content (AvgIpc) is 3.27. The van der Waals surface area contributed by atoms with Crippen LogP contribution in [0.15, 0.2) is 40.8 Å². The van der Waals surface area contributed by atoms with Crippen molar-refractivity contribution in [3.63, 3.8) is 0 Å². The van der Waals surface area contributed by atoms with E-state index < -0.39 is 6.29 Å². The zero-order valence-corrected chi connectivity index (χ0v) is 14.7. The number of aliphatic imine (C=N–C) groups is 1. The fraction of sp³-hybridized carbons (Fsp3) is 0.263. The van der Waals surface area contributed by atoms with Crippen molar-refractivity contribution in [3.8, 4) is 11.5 Å². The molecule has 6 nitrogen and oxygen atoms in total. The van der Waals surface area contributed by atoms with Crippen LogP contribution >= 0.6 is 11.3 Å². The van der Waals surface area contributed by atoms with Gasteiger partial charge in [-0.05, 0) is 29.8 Å². The predicted octanol–water partition coefficient (Wildman–Crippen LogP) is 3.19. The number of phenolic OH excluding ortho intramolecular Hbond substituents is 1. The minimum absolute atomic E-state index is 0.0837. The molecule has 0 saturated carbocycles. The molecule has 2 N–H and O–H groups in total. The van der Waals surface area contributed by atoms with Crippen LogP contribution in [0.2, 0.25) is 0 Å². The first kappa shape index (κ1) is 15.7. The second-order valence-electron chi connectivity index (χ2n) is 6.44. The van der Waals surface area contributed by atoms with E-state index in [1.165, 1.54) is 7.11 Å². The maximum Gasteiger partial charge on any atom is 0.164 e. The number of hydrogen-bond donors (Lipinski definition) is 2. The molecule has 7 heteroatoms. The number of fused-ring (bicyclic) bond motifs is 4. The maximum absolute atomic E-state index is 10.5. The molecule has 0 radical (unpaired) electrons. The highest BCUT2D eigenvalue weighted by Crippen LogP contribution is 2.50. The lowest BCUT2D eigenvalue weighted by atomic mass is 9.76. The van der Waals surface area contributed by atoms with Crippen LogP contribution in [0.3, 0.4) is 0 Å². The number of thiazole rings is 1. The highest BCUT2D eigenvalue weighted by molar-refractivity contribution is 7.17. The van der Waals surface area contributed by atoms with Gasteiger partial charge in [0.2, 0.25) is 0 Å². The molecule has 0 aliphatic carbocycles. The molecule has 1 fully saturated rings. The number of aromatic hydroxyl groups is 1.